The van der Waals surface area contributed by atoms with Crippen LogP contribution in [0, 0.1) is 5.92 Å². The van der Waals surface area contributed by atoms with E-state index in [2.05, 4.69) is 0 Å². The van der Waals surface area contributed by atoms with Crippen LogP contribution < -0.4 is 0 Å². The number of ether oxygens (including phenoxy) is 1. The van der Waals surface area contributed by atoms with E-state index in [-0.39, 0.29) is 6.42 Å². The third-order valence-electron chi connectivity index (χ3n) is 2.57. The molecule has 5 nitrogen and oxygen atoms in total. The summed E-state index contributed by atoms with van der Waals surface area (Å²) in [5.41, 5.74) is 0. The van der Waals surface area contributed by atoms with Gasteiger partial charge in [0.15, 0.2) is 0 Å². The zero-order chi connectivity index (χ0) is 8.88. The maximum absolute atomic E-state index is 10.7. The summed E-state index contributed by atoms with van der Waals surface area (Å²) in [6.45, 7) is 0. The average Bonchev–Trinajstić information content (AvgIpc) is 2.49. The predicted octanol–water partition coefficient (Wildman–Crippen LogP) is -1.99. The van der Waals surface area contributed by atoms with Gasteiger partial charge in [-0.05, 0) is 0 Å². The van der Waals surface area contributed by atoms with Crippen LogP contribution in [0.25, 0.3) is 0 Å². The molecule has 1 aliphatic carbocycles. The molecule has 0 unspecified atom stereocenters. The van der Waals surface area contributed by atoms with Crippen LogP contribution in [0.15, 0.2) is 0 Å². The van der Waals surface area contributed by atoms with E-state index < -0.39 is 36.3 Å². The van der Waals surface area contributed by atoms with Crippen molar-refractivity contribution >= 4 is 5.97 Å². The number of hydrogen-bond acceptors (Lipinski definition) is 5. The molecule has 2 aliphatic rings. The summed E-state index contributed by atoms with van der Waals surface area (Å²) >= 11 is 0. The van der Waals surface area contributed by atoms with E-state index in [0.29, 0.717) is 0 Å². The highest BCUT2D eigenvalue weighted by molar-refractivity contribution is 5.72. The molecule has 1 heterocycles. The van der Waals surface area contributed by atoms with E-state index in [1.807, 2.05) is 0 Å². The summed E-state index contributed by atoms with van der Waals surface area (Å²) in [6.07, 6.45) is -4.01. The first kappa shape index (κ1) is 7.97. The third kappa shape index (κ3) is 0.872. The van der Waals surface area contributed by atoms with Crippen molar-refractivity contribution in [3.63, 3.8) is 0 Å². The fourth-order valence-corrected chi connectivity index (χ4v) is 1.88. The molecule has 5 heteroatoms. The Kier molecular flexibility index (Phi) is 1.61. The molecular formula is C7H10O5. The van der Waals surface area contributed by atoms with Gasteiger partial charge < -0.3 is 20.1 Å². The number of carbonyl (C=O) groups excluding carboxylic acids is 1. The Morgan fingerprint density at radius 2 is 1.83 bits per heavy atom. The quantitative estimate of drug-likeness (QED) is 0.370. The zero-order valence-electron chi connectivity index (χ0n) is 6.25. The molecule has 3 N–H and O–H groups in total. The Labute approximate surface area is 68.6 Å². The minimum Gasteiger partial charge on any atom is -0.459 e. The van der Waals surface area contributed by atoms with E-state index in [1.165, 1.54) is 0 Å². The summed E-state index contributed by atoms with van der Waals surface area (Å²) in [7, 11) is 0. The van der Waals surface area contributed by atoms with E-state index in [1.54, 1.807) is 0 Å². The number of aliphatic hydroxyl groups excluding tert-OH is 3. The van der Waals surface area contributed by atoms with Crippen LogP contribution in [0.1, 0.15) is 6.42 Å². The molecule has 0 aromatic rings. The molecule has 2 fully saturated rings. The van der Waals surface area contributed by atoms with E-state index in [0.717, 1.165) is 0 Å². The zero-order valence-corrected chi connectivity index (χ0v) is 6.25. The van der Waals surface area contributed by atoms with Crippen molar-refractivity contribution in [1.29, 1.82) is 0 Å². The smallest absolute Gasteiger partial charge is 0.306 e. The van der Waals surface area contributed by atoms with Gasteiger partial charge in [-0.15, -0.1) is 0 Å². The fourth-order valence-electron chi connectivity index (χ4n) is 1.88. The number of aliphatic hydroxyl groups is 3. The number of esters is 1. The van der Waals surface area contributed by atoms with Crippen molar-refractivity contribution in [1.82, 2.24) is 0 Å². The van der Waals surface area contributed by atoms with Gasteiger partial charge in [-0.2, -0.15) is 0 Å². The predicted molar refractivity (Wildman–Crippen MR) is 36.0 cm³/mol. The molecule has 68 valence electrons. The molecule has 1 saturated carbocycles. The first-order chi connectivity index (χ1) is 5.61. The topological polar surface area (TPSA) is 87.0 Å². The summed E-state index contributed by atoms with van der Waals surface area (Å²) in [5, 5.41) is 27.7. The molecule has 1 saturated heterocycles. The van der Waals surface area contributed by atoms with Crippen molar-refractivity contribution in [2.45, 2.75) is 30.8 Å². The van der Waals surface area contributed by atoms with Gasteiger partial charge in [0.25, 0.3) is 0 Å². The Morgan fingerprint density at radius 3 is 2.42 bits per heavy atom. The largest absolute Gasteiger partial charge is 0.459 e. The molecule has 0 amide bonds. The van der Waals surface area contributed by atoms with Crippen LogP contribution in [0.2, 0.25) is 0 Å². The highest BCUT2D eigenvalue weighted by Gasteiger charge is 2.55. The SMILES string of the molecule is O=C1C[C@@H]2[C@H](O)[C@H](O)[C@@H](O)[C@@H]2O1. The van der Waals surface area contributed by atoms with Crippen molar-refractivity contribution in [2.75, 3.05) is 0 Å². The van der Waals surface area contributed by atoms with E-state index >= 15 is 0 Å². The van der Waals surface area contributed by atoms with Crippen LogP contribution >= 0.6 is 0 Å². The maximum atomic E-state index is 10.7. The van der Waals surface area contributed by atoms with Gasteiger partial charge in [0.05, 0.1) is 12.5 Å². The second-order valence-corrected chi connectivity index (χ2v) is 3.29. The first-order valence-corrected chi connectivity index (χ1v) is 3.85. The van der Waals surface area contributed by atoms with Crippen molar-refractivity contribution in [3.05, 3.63) is 0 Å². The minimum absolute atomic E-state index is 0.0833. The lowest BCUT2D eigenvalue weighted by Crippen LogP contribution is -2.33. The molecular weight excluding hydrogens is 164 g/mol. The Balaban J connectivity index is 2.20. The molecule has 12 heavy (non-hydrogen) atoms. The van der Waals surface area contributed by atoms with Crippen LogP contribution in [0.4, 0.5) is 0 Å². The minimum atomic E-state index is -1.19. The summed E-state index contributed by atoms with van der Waals surface area (Å²) in [5.74, 6) is -0.863. The lowest BCUT2D eigenvalue weighted by atomic mass is 10.0. The number of hydrogen-bond donors (Lipinski definition) is 3. The molecule has 0 radical (unpaired) electrons. The van der Waals surface area contributed by atoms with Crippen molar-refractivity contribution in [2.24, 2.45) is 5.92 Å². The number of carbonyl (C=O) groups is 1. The number of rotatable bonds is 0. The molecule has 2 rings (SSSR count). The Bertz CT molecular complexity index is 196. The average molecular weight is 174 g/mol. The van der Waals surface area contributed by atoms with Gasteiger partial charge in [-0.1, -0.05) is 0 Å². The third-order valence-corrected chi connectivity index (χ3v) is 2.57. The molecule has 5 atom stereocenters. The molecule has 0 bridgehead atoms. The Hall–Kier alpha value is -0.650. The normalized spacial score (nSPS) is 52.2. The monoisotopic (exact) mass is 174 g/mol. The van der Waals surface area contributed by atoms with Gasteiger partial charge in [-0.25, -0.2) is 0 Å². The molecule has 0 aromatic carbocycles. The highest BCUT2D eigenvalue weighted by Crippen LogP contribution is 2.37. The van der Waals surface area contributed by atoms with Gasteiger partial charge in [0.2, 0.25) is 0 Å². The van der Waals surface area contributed by atoms with Crippen molar-refractivity contribution in [3.8, 4) is 0 Å². The molecule has 0 aromatic heterocycles. The van der Waals surface area contributed by atoms with Gasteiger partial charge in [0.1, 0.15) is 18.3 Å². The van der Waals surface area contributed by atoms with E-state index in [4.69, 9.17) is 9.84 Å². The number of fused-ring (bicyclic) bond motifs is 1. The summed E-state index contributed by atoms with van der Waals surface area (Å²) < 4.78 is 4.73. The summed E-state index contributed by atoms with van der Waals surface area (Å²) in [4.78, 5) is 10.7. The van der Waals surface area contributed by atoms with Gasteiger partial charge in [0, 0.05) is 5.92 Å². The van der Waals surface area contributed by atoms with Crippen LogP contribution in [0.3, 0.4) is 0 Å². The maximum Gasteiger partial charge on any atom is 0.306 e. The molecule has 1 aliphatic heterocycles. The van der Waals surface area contributed by atoms with Gasteiger partial charge >= 0.3 is 5.97 Å². The summed E-state index contributed by atoms with van der Waals surface area (Å²) in [6, 6.07) is 0. The second kappa shape index (κ2) is 2.42. The fraction of sp³-hybridized carbons (Fsp3) is 0.857. The van der Waals surface area contributed by atoms with Gasteiger partial charge in [-0.3, -0.25) is 4.79 Å². The lowest BCUT2D eigenvalue weighted by molar-refractivity contribution is -0.147. The van der Waals surface area contributed by atoms with Crippen molar-refractivity contribution < 1.29 is 24.9 Å². The first-order valence-electron chi connectivity index (χ1n) is 3.85. The Morgan fingerprint density at radius 1 is 1.17 bits per heavy atom. The van der Waals surface area contributed by atoms with Crippen LogP contribution in [-0.2, 0) is 9.53 Å². The standard InChI is InChI=1S/C7H10O5/c8-3-1-2-4(9)5(10)6(11)7(2)12-3/h2,4-7,9-11H,1H2/t2-,4+,5+,6-,7-/m1/s1. The van der Waals surface area contributed by atoms with Crippen LogP contribution in [-0.4, -0.2) is 45.7 Å². The second-order valence-electron chi connectivity index (χ2n) is 3.29. The van der Waals surface area contributed by atoms with Crippen LogP contribution in [0.5, 0.6) is 0 Å². The lowest BCUT2D eigenvalue weighted by Gasteiger charge is -2.13. The van der Waals surface area contributed by atoms with E-state index in [9.17, 15) is 15.0 Å². The molecule has 0 spiro atoms. The highest BCUT2D eigenvalue weighted by atomic mass is 16.6.